The lowest BCUT2D eigenvalue weighted by molar-refractivity contribution is 0.620. The average Bonchev–Trinajstić information content (AvgIpc) is 3.81. The maximum absolute atomic E-state index is 6.62. The summed E-state index contributed by atoms with van der Waals surface area (Å²) in [4.78, 5) is 7.28. The summed E-state index contributed by atoms with van der Waals surface area (Å²) in [5, 5.41) is 9.09. The summed E-state index contributed by atoms with van der Waals surface area (Å²) in [6.45, 7) is 0. The Hall–Kier alpha value is -7.17. The van der Waals surface area contributed by atoms with E-state index in [9.17, 15) is 0 Å². The highest BCUT2D eigenvalue weighted by atomic mass is 16.3. The van der Waals surface area contributed by atoms with Crippen LogP contribution in [0.25, 0.3) is 87.9 Å². The highest BCUT2D eigenvalue weighted by Crippen LogP contribution is 2.43. The van der Waals surface area contributed by atoms with Gasteiger partial charge in [0.15, 0.2) is 5.58 Å². The van der Waals surface area contributed by atoms with E-state index >= 15 is 0 Å². The molecular formula is C49H30N2O2. The van der Waals surface area contributed by atoms with E-state index in [1.807, 2.05) is 24.3 Å². The first-order valence-electron chi connectivity index (χ1n) is 17.9. The van der Waals surface area contributed by atoms with Gasteiger partial charge in [-0.05, 0) is 98.7 Å². The summed E-state index contributed by atoms with van der Waals surface area (Å²) in [7, 11) is 0. The molecule has 0 aliphatic rings. The number of furan rings is 1. The van der Waals surface area contributed by atoms with Gasteiger partial charge in [-0.15, -0.1) is 0 Å². The van der Waals surface area contributed by atoms with Crippen LogP contribution < -0.4 is 4.90 Å². The Morgan fingerprint density at radius 2 is 1.08 bits per heavy atom. The number of oxazole rings is 1. The molecule has 0 atom stereocenters. The largest absolute Gasteiger partial charge is 0.456 e. The van der Waals surface area contributed by atoms with Crippen molar-refractivity contribution in [1.82, 2.24) is 4.98 Å². The molecule has 0 radical (unpaired) electrons. The number of anilines is 3. The molecule has 0 fully saturated rings. The van der Waals surface area contributed by atoms with Crippen molar-refractivity contribution in [1.29, 1.82) is 0 Å². The number of benzene rings is 9. The van der Waals surface area contributed by atoms with Gasteiger partial charge in [0, 0.05) is 39.2 Å². The summed E-state index contributed by atoms with van der Waals surface area (Å²) < 4.78 is 13.0. The van der Waals surface area contributed by atoms with Gasteiger partial charge in [-0.3, -0.25) is 0 Å². The molecule has 4 nitrogen and oxygen atoms in total. The first-order chi connectivity index (χ1) is 26.2. The summed E-state index contributed by atoms with van der Waals surface area (Å²) in [5.74, 6) is 0.580. The van der Waals surface area contributed by atoms with Crippen molar-refractivity contribution in [2.75, 3.05) is 4.90 Å². The summed E-state index contributed by atoms with van der Waals surface area (Å²) in [6.07, 6.45) is 0. The number of rotatable bonds is 5. The van der Waals surface area contributed by atoms with Crippen molar-refractivity contribution < 1.29 is 8.83 Å². The number of hydrogen-bond donors (Lipinski definition) is 0. The normalized spacial score (nSPS) is 11.8. The van der Waals surface area contributed by atoms with E-state index in [2.05, 4.69) is 163 Å². The predicted molar refractivity (Wildman–Crippen MR) is 219 cm³/mol. The maximum Gasteiger partial charge on any atom is 0.228 e. The van der Waals surface area contributed by atoms with Gasteiger partial charge in [0.2, 0.25) is 5.89 Å². The van der Waals surface area contributed by atoms with Gasteiger partial charge in [0.1, 0.15) is 16.7 Å². The second kappa shape index (κ2) is 11.7. The third-order valence-electron chi connectivity index (χ3n) is 10.4. The van der Waals surface area contributed by atoms with Gasteiger partial charge in [0.25, 0.3) is 0 Å². The van der Waals surface area contributed by atoms with Crippen molar-refractivity contribution in [2.45, 2.75) is 0 Å². The zero-order chi connectivity index (χ0) is 34.9. The molecule has 0 spiro atoms. The van der Waals surface area contributed by atoms with E-state index in [-0.39, 0.29) is 0 Å². The van der Waals surface area contributed by atoms with E-state index in [1.165, 1.54) is 32.7 Å². The summed E-state index contributed by atoms with van der Waals surface area (Å²) >= 11 is 0. The number of aromatic nitrogens is 1. The van der Waals surface area contributed by atoms with Crippen LogP contribution in [-0.2, 0) is 0 Å². The monoisotopic (exact) mass is 678 g/mol. The van der Waals surface area contributed by atoms with Gasteiger partial charge < -0.3 is 13.7 Å². The molecule has 2 heterocycles. The van der Waals surface area contributed by atoms with E-state index in [1.54, 1.807) is 0 Å². The Bertz CT molecular complexity index is 3130. The maximum atomic E-state index is 6.62. The molecule has 4 heteroatoms. The summed E-state index contributed by atoms with van der Waals surface area (Å²) in [6, 6.07) is 64.1. The van der Waals surface area contributed by atoms with Crippen LogP contribution in [-0.4, -0.2) is 4.98 Å². The van der Waals surface area contributed by atoms with Crippen molar-refractivity contribution in [3.8, 4) is 22.6 Å². The van der Waals surface area contributed by atoms with Crippen molar-refractivity contribution in [3.05, 3.63) is 182 Å². The van der Waals surface area contributed by atoms with Crippen LogP contribution in [0.15, 0.2) is 191 Å². The van der Waals surface area contributed by atoms with Crippen LogP contribution in [0, 0.1) is 0 Å². The topological polar surface area (TPSA) is 42.4 Å². The molecule has 2 aromatic heterocycles. The number of nitrogens with zero attached hydrogens (tertiary/aromatic N) is 2. The molecule has 11 aromatic rings. The lowest BCUT2D eigenvalue weighted by Gasteiger charge is -2.27. The Kier molecular flexibility index (Phi) is 6.52. The fourth-order valence-electron chi connectivity index (χ4n) is 7.86. The lowest BCUT2D eigenvalue weighted by atomic mass is 10.0. The van der Waals surface area contributed by atoms with E-state index in [0.717, 1.165) is 66.4 Å². The molecule has 11 rings (SSSR count). The highest BCUT2D eigenvalue weighted by molar-refractivity contribution is 6.13. The molecule has 0 saturated heterocycles. The molecule has 0 unspecified atom stereocenters. The molecule has 0 aliphatic carbocycles. The summed E-state index contributed by atoms with van der Waals surface area (Å²) in [5.41, 5.74) is 9.61. The Labute approximate surface area is 304 Å². The molecular weight excluding hydrogens is 649 g/mol. The smallest absolute Gasteiger partial charge is 0.228 e. The van der Waals surface area contributed by atoms with Crippen molar-refractivity contribution in [3.63, 3.8) is 0 Å². The quantitative estimate of drug-likeness (QED) is 0.182. The third kappa shape index (κ3) is 4.88. The average molecular weight is 679 g/mol. The van der Waals surface area contributed by atoms with Gasteiger partial charge in [0.05, 0.1) is 5.69 Å². The van der Waals surface area contributed by atoms with E-state index in [0.29, 0.717) is 5.89 Å². The third-order valence-corrected chi connectivity index (χ3v) is 10.4. The van der Waals surface area contributed by atoms with Crippen molar-refractivity contribution in [2.24, 2.45) is 0 Å². The predicted octanol–water partition coefficient (Wildman–Crippen LogP) is 14.0. The van der Waals surface area contributed by atoms with Gasteiger partial charge in [-0.2, -0.15) is 0 Å². The van der Waals surface area contributed by atoms with Crippen molar-refractivity contribution >= 4 is 82.4 Å². The highest BCUT2D eigenvalue weighted by Gasteiger charge is 2.21. The Morgan fingerprint density at radius 1 is 0.396 bits per heavy atom. The first-order valence-corrected chi connectivity index (χ1v) is 17.9. The minimum atomic E-state index is 0.580. The standard InChI is InChI=1S/C49H30N2O2/c1-2-11-34-27-37(20-19-31(34)9-1)32-21-23-38(24-22-32)51(44-17-7-14-33-10-5-6-15-40(33)44)39-25-26-41-46(30-39)52-45-18-8-16-42(48(41)45)49-50-43-28-35-12-3-4-13-36(35)29-47(43)53-49/h1-30H. The molecule has 53 heavy (non-hydrogen) atoms. The van der Waals surface area contributed by atoms with Crippen LogP contribution in [0.4, 0.5) is 17.1 Å². The van der Waals surface area contributed by atoms with Gasteiger partial charge in [-0.1, -0.05) is 115 Å². The van der Waals surface area contributed by atoms with Crippen LogP contribution in [0.2, 0.25) is 0 Å². The van der Waals surface area contributed by atoms with Crippen LogP contribution in [0.5, 0.6) is 0 Å². The van der Waals surface area contributed by atoms with Gasteiger partial charge in [-0.25, -0.2) is 4.98 Å². The van der Waals surface area contributed by atoms with Crippen LogP contribution >= 0.6 is 0 Å². The van der Waals surface area contributed by atoms with Crippen LogP contribution in [0.3, 0.4) is 0 Å². The zero-order valence-corrected chi connectivity index (χ0v) is 28.5. The molecule has 0 saturated carbocycles. The number of hydrogen-bond acceptors (Lipinski definition) is 4. The molecule has 0 amide bonds. The second-order valence-corrected chi connectivity index (χ2v) is 13.6. The minimum absolute atomic E-state index is 0.580. The minimum Gasteiger partial charge on any atom is -0.456 e. The fraction of sp³-hybridized carbons (Fsp3) is 0. The molecule has 9 aromatic carbocycles. The molecule has 0 aliphatic heterocycles. The fourth-order valence-corrected chi connectivity index (χ4v) is 7.86. The molecule has 0 N–H and O–H groups in total. The first kappa shape index (κ1) is 29.5. The van der Waals surface area contributed by atoms with Gasteiger partial charge >= 0.3 is 0 Å². The lowest BCUT2D eigenvalue weighted by Crippen LogP contribution is -2.10. The van der Waals surface area contributed by atoms with E-state index < -0.39 is 0 Å². The van der Waals surface area contributed by atoms with Crippen LogP contribution in [0.1, 0.15) is 0 Å². The SMILES string of the molecule is c1ccc2cc(-c3ccc(N(c4ccc5c(c4)oc4cccc(-c6nc7cc8ccccc8cc7o6)c45)c4cccc5ccccc45)cc3)ccc2c1. The molecule has 0 bridgehead atoms. The zero-order valence-electron chi connectivity index (χ0n) is 28.5. The Morgan fingerprint density at radius 3 is 1.92 bits per heavy atom. The number of fused-ring (bicyclic) bond motifs is 7. The molecule has 248 valence electrons. The second-order valence-electron chi connectivity index (χ2n) is 13.6. The Balaban J connectivity index is 1.05. The van der Waals surface area contributed by atoms with E-state index in [4.69, 9.17) is 13.8 Å².